The predicted molar refractivity (Wildman–Crippen MR) is 93.3 cm³/mol. The van der Waals surface area contributed by atoms with Gasteiger partial charge in [0.2, 0.25) is 5.95 Å². The van der Waals surface area contributed by atoms with Crippen LogP contribution in [0.4, 0.5) is 17.3 Å². The van der Waals surface area contributed by atoms with Crippen LogP contribution in [0.2, 0.25) is 0 Å². The molecule has 0 saturated carbocycles. The van der Waals surface area contributed by atoms with E-state index >= 15 is 0 Å². The van der Waals surface area contributed by atoms with Gasteiger partial charge in [0, 0.05) is 55.3 Å². The predicted octanol–water partition coefficient (Wildman–Crippen LogP) is 2.45. The van der Waals surface area contributed by atoms with Crippen molar-refractivity contribution in [3.8, 4) is 0 Å². The highest BCUT2D eigenvalue weighted by Gasteiger charge is 2.14. The minimum absolute atomic E-state index is 0.604. The SMILES string of the molecule is CN1CCN(c2ccc(Nc3ncc4cc[nH]c4n3)cc2)CC1. The maximum absolute atomic E-state index is 4.46. The number of H-pyrrole nitrogens is 1. The zero-order valence-corrected chi connectivity index (χ0v) is 13.2. The molecule has 1 aromatic carbocycles. The molecule has 1 aliphatic heterocycles. The Balaban J connectivity index is 1.47. The molecule has 0 aliphatic carbocycles. The Morgan fingerprint density at radius 1 is 1.04 bits per heavy atom. The van der Waals surface area contributed by atoms with Crippen LogP contribution in [-0.4, -0.2) is 53.1 Å². The monoisotopic (exact) mass is 308 g/mol. The molecule has 0 spiro atoms. The standard InChI is InChI=1S/C17H20N6/c1-22-8-10-23(11-9-22)15-4-2-14(3-5-15)20-17-19-12-13-6-7-18-16(13)21-17/h2-7,12H,8-11H2,1H3,(H2,18,19,20,21). The van der Waals surface area contributed by atoms with E-state index in [-0.39, 0.29) is 0 Å². The molecule has 3 aromatic rings. The molecule has 118 valence electrons. The molecule has 1 fully saturated rings. The van der Waals surface area contributed by atoms with Crippen molar-refractivity contribution in [3.63, 3.8) is 0 Å². The summed E-state index contributed by atoms with van der Waals surface area (Å²) in [5, 5.41) is 4.27. The third-order valence-corrected chi connectivity index (χ3v) is 4.29. The minimum atomic E-state index is 0.604. The number of nitrogens with one attached hydrogen (secondary N) is 2. The highest BCUT2D eigenvalue weighted by molar-refractivity contribution is 5.75. The van der Waals surface area contributed by atoms with Gasteiger partial charge in [-0.15, -0.1) is 0 Å². The topological polar surface area (TPSA) is 60.1 Å². The molecule has 6 heteroatoms. The van der Waals surface area contributed by atoms with Crippen LogP contribution >= 0.6 is 0 Å². The first-order valence-electron chi connectivity index (χ1n) is 7.89. The Morgan fingerprint density at radius 3 is 2.61 bits per heavy atom. The molecule has 0 amide bonds. The van der Waals surface area contributed by atoms with Gasteiger partial charge < -0.3 is 20.1 Å². The third-order valence-electron chi connectivity index (χ3n) is 4.29. The molecular formula is C17H20N6. The quantitative estimate of drug-likeness (QED) is 0.778. The van der Waals surface area contributed by atoms with Crippen molar-refractivity contribution in [2.24, 2.45) is 0 Å². The number of anilines is 3. The van der Waals surface area contributed by atoms with Crippen LogP contribution in [0, 0.1) is 0 Å². The highest BCUT2D eigenvalue weighted by Crippen LogP contribution is 2.21. The van der Waals surface area contributed by atoms with Crippen LogP contribution in [-0.2, 0) is 0 Å². The number of hydrogen-bond donors (Lipinski definition) is 2. The third kappa shape index (κ3) is 2.98. The Hall–Kier alpha value is -2.60. The molecule has 1 aliphatic rings. The summed E-state index contributed by atoms with van der Waals surface area (Å²) in [6, 6.07) is 10.4. The number of hydrogen-bond acceptors (Lipinski definition) is 5. The van der Waals surface area contributed by atoms with Gasteiger partial charge in [-0.2, -0.15) is 4.98 Å². The molecule has 2 N–H and O–H groups in total. The maximum atomic E-state index is 4.46. The molecule has 6 nitrogen and oxygen atoms in total. The molecular weight excluding hydrogens is 288 g/mol. The van der Waals surface area contributed by atoms with Gasteiger partial charge in [0.05, 0.1) is 0 Å². The number of nitrogens with zero attached hydrogens (tertiary/aromatic N) is 4. The van der Waals surface area contributed by atoms with Crippen LogP contribution in [0.3, 0.4) is 0 Å². The normalized spacial score (nSPS) is 16.0. The number of fused-ring (bicyclic) bond motifs is 1. The van der Waals surface area contributed by atoms with Crippen molar-refractivity contribution < 1.29 is 0 Å². The van der Waals surface area contributed by atoms with Gasteiger partial charge in [0.1, 0.15) is 5.65 Å². The summed E-state index contributed by atoms with van der Waals surface area (Å²) in [7, 11) is 2.17. The number of aromatic nitrogens is 3. The fraction of sp³-hybridized carbons (Fsp3) is 0.294. The number of aromatic amines is 1. The molecule has 0 radical (unpaired) electrons. The van der Waals surface area contributed by atoms with Gasteiger partial charge in [0.15, 0.2) is 0 Å². The van der Waals surface area contributed by atoms with E-state index in [0.717, 1.165) is 42.9 Å². The molecule has 2 aromatic heterocycles. The average molecular weight is 308 g/mol. The van der Waals surface area contributed by atoms with Crippen LogP contribution in [0.1, 0.15) is 0 Å². The Morgan fingerprint density at radius 2 is 1.83 bits per heavy atom. The van der Waals surface area contributed by atoms with Gasteiger partial charge in [-0.05, 0) is 37.4 Å². The van der Waals surface area contributed by atoms with E-state index < -0.39 is 0 Å². The lowest BCUT2D eigenvalue weighted by Crippen LogP contribution is -2.44. The Kier molecular flexibility index (Phi) is 3.59. The van der Waals surface area contributed by atoms with Crippen molar-refractivity contribution >= 4 is 28.4 Å². The van der Waals surface area contributed by atoms with Crippen LogP contribution in [0.15, 0.2) is 42.7 Å². The van der Waals surface area contributed by atoms with E-state index in [0.29, 0.717) is 5.95 Å². The lowest BCUT2D eigenvalue weighted by Gasteiger charge is -2.34. The summed E-state index contributed by atoms with van der Waals surface area (Å²) in [6.07, 6.45) is 3.69. The second-order valence-electron chi connectivity index (χ2n) is 5.94. The Labute approximate surface area is 135 Å². The summed E-state index contributed by atoms with van der Waals surface area (Å²) >= 11 is 0. The van der Waals surface area contributed by atoms with E-state index in [1.807, 2.05) is 18.5 Å². The van der Waals surface area contributed by atoms with Gasteiger partial charge in [0.25, 0.3) is 0 Å². The van der Waals surface area contributed by atoms with E-state index in [9.17, 15) is 0 Å². The van der Waals surface area contributed by atoms with Crippen molar-refractivity contribution in [1.29, 1.82) is 0 Å². The van der Waals surface area contributed by atoms with Gasteiger partial charge in [-0.25, -0.2) is 4.98 Å². The summed E-state index contributed by atoms with van der Waals surface area (Å²) in [5.41, 5.74) is 3.11. The van der Waals surface area contributed by atoms with Crippen molar-refractivity contribution in [2.75, 3.05) is 43.4 Å². The summed E-state index contributed by atoms with van der Waals surface area (Å²) in [5.74, 6) is 0.604. The number of piperazine rings is 1. The van der Waals surface area contributed by atoms with Gasteiger partial charge >= 0.3 is 0 Å². The summed E-state index contributed by atoms with van der Waals surface area (Å²) in [4.78, 5) is 16.7. The Bertz CT molecular complexity index is 786. The summed E-state index contributed by atoms with van der Waals surface area (Å²) < 4.78 is 0. The molecule has 23 heavy (non-hydrogen) atoms. The fourth-order valence-corrected chi connectivity index (χ4v) is 2.85. The fourth-order valence-electron chi connectivity index (χ4n) is 2.85. The smallest absolute Gasteiger partial charge is 0.229 e. The first-order chi connectivity index (χ1) is 11.3. The van der Waals surface area contributed by atoms with Crippen LogP contribution in [0.5, 0.6) is 0 Å². The zero-order valence-electron chi connectivity index (χ0n) is 13.2. The van der Waals surface area contributed by atoms with E-state index in [2.05, 4.69) is 61.4 Å². The van der Waals surface area contributed by atoms with Gasteiger partial charge in [-0.1, -0.05) is 0 Å². The molecule has 1 saturated heterocycles. The van der Waals surface area contributed by atoms with Crippen LogP contribution < -0.4 is 10.2 Å². The van der Waals surface area contributed by atoms with E-state index in [4.69, 9.17) is 0 Å². The van der Waals surface area contributed by atoms with E-state index in [1.54, 1.807) is 0 Å². The maximum Gasteiger partial charge on any atom is 0.229 e. The van der Waals surface area contributed by atoms with Crippen molar-refractivity contribution in [2.45, 2.75) is 0 Å². The van der Waals surface area contributed by atoms with E-state index in [1.165, 1.54) is 5.69 Å². The largest absolute Gasteiger partial charge is 0.369 e. The number of likely N-dealkylation sites (N-methyl/N-ethyl adjacent to an activating group) is 1. The van der Waals surface area contributed by atoms with Gasteiger partial charge in [-0.3, -0.25) is 0 Å². The molecule has 0 atom stereocenters. The second kappa shape index (κ2) is 5.89. The zero-order chi connectivity index (χ0) is 15.6. The molecule has 0 unspecified atom stereocenters. The highest BCUT2D eigenvalue weighted by atomic mass is 15.2. The molecule has 4 rings (SSSR count). The number of rotatable bonds is 3. The molecule has 3 heterocycles. The first-order valence-corrected chi connectivity index (χ1v) is 7.89. The van der Waals surface area contributed by atoms with Crippen molar-refractivity contribution in [3.05, 3.63) is 42.7 Å². The minimum Gasteiger partial charge on any atom is -0.369 e. The second-order valence-corrected chi connectivity index (χ2v) is 5.94. The number of benzene rings is 1. The van der Waals surface area contributed by atoms with Crippen LogP contribution in [0.25, 0.3) is 11.0 Å². The summed E-state index contributed by atoms with van der Waals surface area (Å²) in [6.45, 7) is 4.39. The molecule has 0 bridgehead atoms. The van der Waals surface area contributed by atoms with Crippen molar-refractivity contribution in [1.82, 2.24) is 19.9 Å². The lowest BCUT2D eigenvalue weighted by atomic mass is 10.2. The first kappa shape index (κ1) is 14.0. The lowest BCUT2D eigenvalue weighted by molar-refractivity contribution is 0.313. The average Bonchev–Trinajstić information content (AvgIpc) is 3.04.